The van der Waals surface area contributed by atoms with Gasteiger partial charge < -0.3 is 10.2 Å². The fourth-order valence-electron chi connectivity index (χ4n) is 1.74. The molecule has 2 aromatic heterocycles. The van der Waals surface area contributed by atoms with Gasteiger partial charge in [0.25, 0.3) is 0 Å². The third kappa shape index (κ3) is 1.67. The normalized spacial score (nSPS) is 10.9. The smallest absolute Gasteiger partial charge is 0.203 e. The molecule has 0 unspecified atom stereocenters. The first-order valence-electron chi connectivity index (χ1n) is 5.26. The van der Waals surface area contributed by atoms with Crippen LogP contribution in [0.5, 0.6) is 0 Å². The summed E-state index contributed by atoms with van der Waals surface area (Å²) in [5.41, 5.74) is 7.36. The number of fused-ring (bicyclic) bond motifs is 1. The van der Waals surface area contributed by atoms with Gasteiger partial charge in [0.2, 0.25) is 10.6 Å². The number of hydrogen-bond acceptors (Lipinski definition) is 6. The standard InChI is InChI=1S/C12H9N3O2S/c1-6-2-3-9-7(4-6)10(16)8(5-17-9)11-14-15-12(13)18-11/h2-5H,1H3,(H2,13,15). The summed E-state index contributed by atoms with van der Waals surface area (Å²) in [7, 11) is 0. The van der Waals surface area contributed by atoms with Crippen molar-refractivity contribution in [2.24, 2.45) is 0 Å². The molecule has 18 heavy (non-hydrogen) atoms. The second-order valence-corrected chi connectivity index (χ2v) is 4.93. The van der Waals surface area contributed by atoms with Crippen molar-refractivity contribution in [3.63, 3.8) is 0 Å². The Hall–Kier alpha value is -2.21. The van der Waals surface area contributed by atoms with Gasteiger partial charge in [0.15, 0.2) is 5.01 Å². The summed E-state index contributed by atoms with van der Waals surface area (Å²) in [6.07, 6.45) is 1.40. The van der Waals surface area contributed by atoms with Gasteiger partial charge in [-0.1, -0.05) is 23.0 Å². The largest absolute Gasteiger partial charge is 0.463 e. The summed E-state index contributed by atoms with van der Waals surface area (Å²) in [5, 5.41) is 8.90. The van der Waals surface area contributed by atoms with E-state index in [0.717, 1.165) is 16.9 Å². The van der Waals surface area contributed by atoms with Gasteiger partial charge in [0.05, 0.1) is 10.9 Å². The molecular formula is C12H9N3O2S. The molecule has 0 spiro atoms. The number of nitrogens with zero attached hydrogens (tertiary/aromatic N) is 2. The molecular weight excluding hydrogens is 250 g/mol. The molecule has 0 fully saturated rings. The third-order valence-electron chi connectivity index (χ3n) is 2.60. The van der Waals surface area contributed by atoms with Crippen LogP contribution in [0, 0.1) is 6.92 Å². The molecule has 5 nitrogen and oxygen atoms in total. The van der Waals surface area contributed by atoms with Gasteiger partial charge >= 0.3 is 0 Å². The molecule has 1 aromatic carbocycles. The Labute approximate surface area is 106 Å². The van der Waals surface area contributed by atoms with Crippen LogP contribution in [0.4, 0.5) is 5.13 Å². The summed E-state index contributed by atoms with van der Waals surface area (Å²) >= 11 is 1.16. The van der Waals surface area contributed by atoms with E-state index in [1.165, 1.54) is 6.26 Å². The fourth-order valence-corrected chi connectivity index (χ4v) is 2.35. The lowest BCUT2D eigenvalue weighted by atomic mass is 10.1. The van der Waals surface area contributed by atoms with E-state index < -0.39 is 0 Å². The third-order valence-corrected chi connectivity index (χ3v) is 3.38. The molecule has 3 aromatic rings. The monoisotopic (exact) mass is 259 g/mol. The first-order valence-corrected chi connectivity index (χ1v) is 6.08. The minimum absolute atomic E-state index is 0.115. The molecule has 0 saturated carbocycles. The first kappa shape index (κ1) is 10.9. The van der Waals surface area contributed by atoms with Gasteiger partial charge in [-0.15, -0.1) is 10.2 Å². The van der Waals surface area contributed by atoms with E-state index in [4.69, 9.17) is 10.2 Å². The van der Waals surface area contributed by atoms with Crippen LogP contribution in [-0.4, -0.2) is 10.2 Å². The Bertz CT molecular complexity index is 791. The molecule has 0 aliphatic rings. The average molecular weight is 259 g/mol. The van der Waals surface area contributed by atoms with E-state index in [9.17, 15) is 4.79 Å². The molecule has 0 radical (unpaired) electrons. The lowest BCUT2D eigenvalue weighted by Gasteiger charge is -2.00. The maximum absolute atomic E-state index is 12.3. The predicted molar refractivity (Wildman–Crippen MR) is 70.5 cm³/mol. The van der Waals surface area contributed by atoms with Crippen molar-refractivity contribution >= 4 is 27.4 Å². The zero-order valence-electron chi connectivity index (χ0n) is 9.51. The zero-order valence-corrected chi connectivity index (χ0v) is 10.3. The lowest BCUT2D eigenvalue weighted by molar-refractivity contribution is 0.604. The Morgan fingerprint density at radius 3 is 2.89 bits per heavy atom. The van der Waals surface area contributed by atoms with Crippen LogP contribution in [0.2, 0.25) is 0 Å². The number of nitrogen functional groups attached to an aromatic ring is 1. The minimum atomic E-state index is -0.115. The van der Waals surface area contributed by atoms with Gasteiger partial charge in [-0.2, -0.15) is 0 Å². The van der Waals surface area contributed by atoms with Crippen molar-refractivity contribution in [2.45, 2.75) is 6.92 Å². The number of anilines is 1. The van der Waals surface area contributed by atoms with Crippen molar-refractivity contribution in [1.29, 1.82) is 0 Å². The van der Waals surface area contributed by atoms with Crippen LogP contribution in [0.25, 0.3) is 21.5 Å². The highest BCUT2D eigenvalue weighted by Crippen LogP contribution is 2.24. The first-order chi connectivity index (χ1) is 8.65. The van der Waals surface area contributed by atoms with Gasteiger partial charge in [0.1, 0.15) is 11.8 Å². The molecule has 2 heterocycles. The van der Waals surface area contributed by atoms with Gasteiger partial charge in [-0.05, 0) is 19.1 Å². The van der Waals surface area contributed by atoms with Crippen LogP contribution in [0.1, 0.15) is 5.56 Å². The Balaban J connectivity index is 2.32. The summed E-state index contributed by atoms with van der Waals surface area (Å²) in [6, 6.07) is 5.48. The average Bonchev–Trinajstić information content (AvgIpc) is 2.77. The van der Waals surface area contributed by atoms with Crippen molar-refractivity contribution in [3.05, 3.63) is 40.2 Å². The second kappa shape index (κ2) is 3.92. The molecule has 0 aliphatic carbocycles. The lowest BCUT2D eigenvalue weighted by Crippen LogP contribution is -2.04. The number of aryl methyl sites for hydroxylation is 1. The topological polar surface area (TPSA) is 82.0 Å². The SMILES string of the molecule is Cc1ccc2occ(-c3nnc(N)s3)c(=O)c2c1. The van der Waals surface area contributed by atoms with Crippen LogP contribution in [0.15, 0.2) is 33.7 Å². The molecule has 2 N–H and O–H groups in total. The minimum Gasteiger partial charge on any atom is -0.463 e. The highest BCUT2D eigenvalue weighted by atomic mass is 32.1. The molecule has 90 valence electrons. The van der Waals surface area contributed by atoms with Crippen LogP contribution in [0.3, 0.4) is 0 Å². The van der Waals surface area contributed by atoms with E-state index in [1.54, 1.807) is 12.1 Å². The predicted octanol–water partition coefficient (Wildman–Crippen LogP) is 2.20. The van der Waals surface area contributed by atoms with Crippen molar-refractivity contribution in [2.75, 3.05) is 5.73 Å². The van der Waals surface area contributed by atoms with Crippen molar-refractivity contribution in [3.8, 4) is 10.6 Å². The Morgan fingerprint density at radius 2 is 2.17 bits per heavy atom. The maximum atomic E-state index is 12.3. The molecule has 6 heteroatoms. The maximum Gasteiger partial charge on any atom is 0.203 e. The van der Waals surface area contributed by atoms with Gasteiger partial charge in [0, 0.05) is 0 Å². The molecule has 3 rings (SSSR count). The molecule has 0 amide bonds. The summed E-state index contributed by atoms with van der Waals surface area (Å²) < 4.78 is 5.44. The summed E-state index contributed by atoms with van der Waals surface area (Å²) in [6.45, 7) is 1.93. The molecule has 0 saturated heterocycles. The van der Waals surface area contributed by atoms with E-state index in [-0.39, 0.29) is 5.43 Å². The quantitative estimate of drug-likeness (QED) is 0.724. The van der Waals surface area contributed by atoms with E-state index in [2.05, 4.69) is 10.2 Å². The van der Waals surface area contributed by atoms with E-state index in [1.807, 2.05) is 13.0 Å². The van der Waals surface area contributed by atoms with Crippen LogP contribution in [-0.2, 0) is 0 Å². The van der Waals surface area contributed by atoms with Crippen LogP contribution >= 0.6 is 11.3 Å². The summed E-state index contributed by atoms with van der Waals surface area (Å²) in [4.78, 5) is 12.3. The number of aromatic nitrogens is 2. The van der Waals surface area contributed by atoms with Crippen molar-refractivity contribution in [1.82, 2.24) is 10.2 Å². The zero-order chi connectivity index (χ0) is 12.7. The van der Waals surface area contributed by atoms with Gasteiger partial charge in [-0.3, -0.25) is 4.79 Å². The van der Waals surface area contributed by atoms with E-state index >= 15 is 0 Å². The molecule has 0 bridgehead atoms. The molecule has 0 atom stereocenters. The highest BCUT2D eigenvalue weighted by molar-refractivity contribution is 7.18. The second-order valence-electron chi connectivity index (χ2n) is 3.92. The number of hydrogen-bond donors (Lipinski definition) is 1. The number of benzene rings is 1. The van der Waals surface area contributed by atoms with E-state index in [0.29, 0.717) is 26.7 Å². The van der Waals surface area contributed by atoms with Gasteiger partial charge in [-0.25, -0.2) is 0 Å². The number of rotatable bonds is 1. The highest BCUT2D eigenvalue weighted by Gasteiger charge is 2.12. The Morgan fingerprint density at radius 1 is 1.33 bits per heavy atom. The van der Waals surface area contributed by atoms with Crippen LogP contribution < -0.4 is 11.2 Å². The molecule has 0 aliphatic heterocycles. The summed E-state index contributed by atoms with van der Waals surface area (Å²) in [5.74, 6) is 0. The number of nitrogens with two attached hydrogens (primary N) is 1. The van der Waals surface area contributed by atoms with Crippen molar-refractivity contribution < 1.29 is 4.42 Å². The fraction of sp³-hybridized carbons (Fsp3) is 0.0833. The Kier molecular flexibility index (Phi) is 2.38.